The highest BCUT2D eigenvalue weighted by molar-refractivity contribution is 7.13. The van der Waals surface area contributed by atoms with Crippen molar-refractivity contribution in [3.8, 4) is 10.8 Å². The molecule has 4 rings (SSSR count). The summed E-state index contributed by atoms with van der Waals surface area (Å²) in [5.74, 6) is -0.0748. The number of carbonyl (C=O) groups is 1. The van der Waals surface area contributed by atoms with Gasteiger partial charge in [0.2, 0.25) is 0 Å². The highest BCUT2D eigenvalue weighted by Crippen LogP contribution is 2.29. The van der Waals surface area contributed by atoms with Crippen LogP contribution < -0.4 is 5.43 Å². The van der Waals surface area contributed by atoms with Gasteiger partial charge in [-0.1, -0.05) is 0 Å². The van der Waals surface area contributed by atoms with Crippen molar-refractivity contribution in [2.75, 3.05) is 5.43 Å². The molecule has 0 aromatic carbocycles. The normalized spacial score (nSPS) is 11.8. The molecule has 148 valence electrons. The van der Waals surface area contributed by atoms with Crippen LogP contribution in [-0.2, 0) is 6.18 Å². The summed E-state index contributed by atoms with van der Waals surface area (Å²) in [6.07, 6.45) is -1.71. The molecule has 0 aliphatic carbocycles. The van der Waals surface area contributed by atoms with Crippen molar-refractivity contribution in [1.29, 1.82) is 0 Å². The first-order chi connectivity index (χ1) is 13.7. The Morgan fingerprint density at radius 2 is 1.93 bits per heavy atom. The van der Waals surface area contributed by atoms with Crippen molar-refractivity contribution >= 4 is 28.3 Å². The van der Waals surface area contributed by atoms with Gasteiger partial charge in [0.15, 0.2) is 10.8 Å². The van der Waals surface area contributed by atoms with Gasteiger partial charge in [0.05, 0.1) is 22.3 Å². The Hall–Kier alpha value is -3.34. The quantitative estimate of drug-likeness (QED) is 0.544. The number of hydrogen-bond donors (Lipinski definition) is 1. The summed E-state index contributed by atoms with van der Waals surface area (Å²) in [5.41, 5.74) is 3.61. The van der Waals surface area contributed by atoms with Crippen LogP contribution >= 0.6 is 11.3 Å². The minimum absolute atomic E-state index is 0.114. The maximum absolute atomic E-state index is 12.8. The molecule has 0 spiro atoms. The Bertz CT molecular complexity index is 1230. The van der Waals surface area contributed by atoms with Crippen molar-refractivity contribution in [1.82, 2.24) is 24.6 Å². The zero-order valence-corrected chi connectivity index (χ0v) is 16.0. The Balaban J connectivity index is 1.59. The maximum atomic E-state index is 12.8. The number of thiazole rings is 1. The van der Waals surface area contributed by atoms with Gasteiger partial charge < -0.3 is 0 Å². The minimum Gasteiger partial charge on any atom is -0.267 e. The third-order valence-corrected chi connectivity index (χ3v) is 5.05. The molecule has 0 radical (unpaired) electrons. The lowest BCUT2D eigenvalue weighted by atomic mass is 10.2. The fourth-order valence-corrected chi connectivity index (χ4v) is 3.43. The molecule has 0 atom stereocenters. The monoisotopic (exact) mass is 418 g/mol. The van der Waals surface area contributed by atoms with Crippen molar-refractivity contribution in [2.24, 2.45) is 0 Å². The number of aromatic nitrogens is 5. The lowest BCUT2D eigenvalue weighted by Gasteiger charge is -2.10. The minimum atomic E-state index is -4.54. The first kappa shape index (κ1) is 19.0. The van der Waals surface area contributed by atoms with Crippen LogP contribution in [0.5, 0.6) is 0 Å². The van der Waals surface area contributed by atoms with E-state index < -0.39 is 17.8 Å². The summed E-state index contributed by atoms with van der Waals surface area (Å²) in [4.78, 5) is 29.1. The van der Waals surface area contributed by atoms with E-state index in [0.717, 1.165) is 11.8 Å². The highest BCUT2D eigenvalue weighted by atomic mass is 32.1. The van der Waals surface area contributed by atoms with E-state index in [0.29, 0.717) is 22.0 Å². The van der Waals surface area contributed by atoms with Crippen LogP contribution in [0.1, 0.15) is 27.4 Å². The number of halogens is 3. The number of fused-ring (bicyclic) bond motifs is 1. The number of aryl methyl sites for hydroxylation is 2. The van der Waals surface area contributed by atoms with Crippen molar-refractivity contribution in [3.05, 3.63) is 58.6 Å². The average Bonchev–Trinajstić information content (AvgIpc) is 3.27. The number of nitrogens with one attached hydrogen (secondary N) is 1. The lowest BCUT2D eigenvalue weighted by molar-refractivity contribution is -0.140. The SMILES string of the molecule is Cc1csc(-c2ncc(C(=O)Nn3ccc4nc(C(F)(F)F)ccc43)c(C)n2)n1. The molecule has 1 amide bonds. The topological polar surface area (TPSA) is 85.6 Å². The van der Waals surface area contributed by atoms with Crippen LogP contribution in [0.4, 0.5) is 13.2 Å². The summed E-state index contributed by atoms with van der Waals surface area (Å²) < 4.78 is 39.7. The molecule has 0 bridgehead atoms. The van der Waals surface area contributed by atoms with E-state index in [-0.39, 0.29) is 11.1 Å². The third-order valence-electron chi connectivity index (χ3n) is 4.09. The number of rotatable bonds is 3. The predicted molar refractivity (Wildman–Crippen MR) is 101 cm³/mol. The second-order valence-corrected chi connectivity index (χ2v) is 7.07. The van der Waals surface area contributed by atoms with Gasteiger partial charge in [0.25, 0.3) is 5.91 Å². The Labute approximate surface area is 166 Å². The number of amides is 1. The summed E-state index contributed by atoms with van der Waals surface area (Å²) in [7, 11) is 0. The number of alkyl halides is 3. The van der Waals surface area contributed by atoms with Gasteiger partial charge in [-0.2, -0.15) is 13.2 Å². The number of carbonyl (C=O) groups excluding carboxylic acids is 1. The largest absolute Gasteiger partial charge is 0.433 e. The van der Waals surface area contributed by atoms with Crippen LogP contribution in [0.15, 0.2) is 36.0 Å². The van der Waals surface area contributed by atoms with Gasteiger partial charge in [-0.25, -0.2) is 19.9 Å². The molecule has 4 aromatic heterocycles. The van der Waals surface area contributed by atoms with E-state index in [1.165, 1.54) is 40.5 Å². The summed E-state index contributed by atoms with van der Waals surface area (Å²) in [5, 5.41) is 2.53. The summed E-state index contributed by atoms with van der Waals surface area (Å²) in [6.45, 7) is 3.54. The highest BCUT2D eigenvalue weighted by Gasteiger charge is 2.32. The lowest BCUT2D eigenvalue weighted by Crippen LogP contribution is -2.23. The average molecular weight is 418 g/mol. The molecule has 0 saturated carbocycles. The molecule has 0 saturated heterocycles. The van der Waals surface area contributed by atoms with E-state index in [1.54, 1.807) is 6.92 Å². The fraction of sp³-hybridized carbons (Fsp3) is 0.167. The van der Waals surface area contributed by atoms with Crippen LogP contribution in [0, 0.1) is 13.8 Å². The first-order valence-electron chi connectivity index (χ1n) is 8.35. The number of pyridine rings is 1. The zero-order chi connectivity index (χ0) is 20.8. The molecular formula is C18H13F3N6OS. The van der Waals surface area contributed by atoms with Gasteiger partial charge in [-0.3, -0.25) is 14.9 Å². The first-order valence-corrected chi connectivity index (χ1v) is 9.23. The standard InChI is InChI=1S/C18H13F3N6OS/c1-9-8-29-17(23-9)15-22-7-11(10(2)24-15)16(28)26-27-6-5-12-13(27)3-4-14(25-12)18(19,20)21/h3-8H,1-2H3,(H,26,28). The van der Waals surface area contributed by atoms with Crippen LogP contribution in [0.3, 0.4) is 0 Å². The van der Waals surface area contributed by atoms with Gasteiger partial charge in [0.1, 0.15) is 5.69 Å². The molecule has 7 nitrogen and oxygen atoms in total. The van der Waals surface area contributed by atoms with Crippen molar-refractivity contribution < 1.29 is 18.0 Å². The molecule has 0 unspecified atom stereocenters. The predicted octanol–water partition coefficient (Wildman–Crippen LogP) is 3.97. The molecule has 0 aliphatic rings. The summed E-state index contributed by atoms with van der Waals surface area (Å²) >= 11 is 1.41. The van der Waals surface area contributed by atoms with Crippen molar-refractivity contribution in [3.63, 3.8) is 0 Å². The third kappa shape index (κ3) is 3.68. The fourth-order valence-electron chi connectivity index (χ4n) is 2.69. The van der Waals surface area contributed by atoms with E-state index in [9.17, 15) is 18.0 Å². The van der Waals surface area contributed by atoms with Crippen LogP contribution in [0.2, 0.25) is 0 Å². The van der Waals surface area contributed by atoms with Crippen molar-refractivity contribution in [2.45, 2.75) is 20.0 Å². The van der Waals surface area contributed by atoms with Gasteiger partial charge in [-0.15, -0.1) is 11.3 Å². The van der Waals surface area contributed by atoms with Gasteiger partial charge in [0, 0.05) is 23.5 Å². The van der Waals surface area contributed by atoms with Crippen LogP contribution in [-0.4, -0.2) is 30.5 Å². The van der Waals surface area contributed by atoms with Gasteiger partial charge >= 0.3 is 6.18 Å². The van der Waals surface area contributed by atoms with E-state index in [2.05, 4.69) is 25.4 Å². The van der Waals surface area contributed by atoms with Gasteiger partial charge in [-0.05, 0) is 32.0 Å². The second kappa shape index (κ2) is 6.92. The molecule has 29 heavy (non-hydrogen) atoms. The maximum Gasteiger partial charge on any atom is 0.433 e. The number of hydrogen-bond acceptors (Lipinski definition) is 6. The Kier molecular flexibility index (Phi) is 4.53. The second-order valence-electron chi connectivity index (χ2n) is 6.21. The smallest absolute Gasteiger partial charge is 0.267 e. The molecule has 0 aliphatic heterocycles. The van der Waals surface area contributed by atoms with E-state index >= 15 is 0 Å². The molecule has 0 fully saturated rings. The zero-order valence-electron chi connectivity index (χ0n) is 15.2. The molecule has 4 aromatic rings. The van der Waals surface area contributed by atoms with Crippen LogP contribution in [0.25, 0.3) is 21.9 Å². The molecular weight excluding hydrogens is 405 g/mol. The molecule has 11 heteroatoms. The number of nitrogens with zero attached hydrogens (tertiary/aromatic N) is 5. The summed E-state index contributed by atoms with van der Waals surface area (Å²) in [6, 6.07) is 3.51. The Morgan fingerprint density at radius 1 is 1.14 bits per heavy atom. The van der Waals surface area contributed by atoms with E-state index in [1.807, 2.05) is 12.3 Å². The molecule has 1 N–H and O–H groups in total. The van der Waals surface area contributed by atoms with E-state index in [4.69, 9.17) is 0 Å². The Morgan fingerprint density at radius 3 is 2.59 bits per heavy atom. The molecule has 4 heterocycles.